The van der Waals surface area contributed by atoms with Crippen LogP contribution in [0.4, 0.5) is 0 Å². The molecule has 0 aromatic carbocycles. The molecule has 0 atom stereocenters. The largest absolute Gasteiger partial charge is 0.477 e. The summed E-state index contributed by atoms with van der Waals surface area (Å²) in [4.78, 5) is 12.1. The van der Waals surface area contributed by atoms with Crippen LogP contribution in [0.2, 0.25) is 0 Å². The summed E-state index contributed by atoms with van der Waals surface area (Å²) >= 11 is 1.56. The van der Waals surface area contributed by atoms with Crippen LogP contribution in [0.25, 0.3) is 10.6 Å². The van der Waals surface area contributed by atoms with Crippen LogP contribution in [0.5, 0.6) is 0 Å². The third-order valence-electron chi connectivity index (χ3n) is 2.50. The fourth-order valence-electron chi connectivity index (χ4n) is 1.61. The van der Waals surface area contributed by atoms with Gasteiger partial charge in [-0.25, -0.2) is 4.79 Å². The van der Waals surface area contributed by atoms with Crippen molar-refractivity contribution < 1.29 is 9.90 Å². The molecule has 17 heavy (non-hydrogen) atoms. The highest BCUT2D eigenvalue weighted by molar-refractivity contribution is 7.13. The average Bonchev–Trinajstić information content (AvgIpc) is 2.94. The molecule has 0 radical (unpaired) electrons. The molecule has 1 N–H and O–H groups in total. The molecule has 0 spiro atoms. The normalized spacial score (nSPS) is 10.6. The second-order valence-corrected chi connectivity index (χ2v) is 4.72. The number of aromatic nitrogens is 2. The Kier molecular flexibility index (Phi) is 3.58. The maximum absolute atomic E-state index is 11.1. The zero-order valence-corrected chi connectivity index (χ0v) is 10.4. The van der Waals surface area contributed by atoms with Crippen LogP contribution in [0.15, 0.2) is 23.6 Å². The van der Waals surface area contributed by atoms with Gasteiger partial charge in [0.15, 0.2) is 0 Å². The molecule has 2 rings (SSSR count). The Morgan fingerprint density at radius 2 is 2.41 bits per heavy atom. The highest BCUT2D eigenvalue weighted by atomic mass is 32.1. The van der Waals surface area contributed by atoms with E-state index in [9.17, 15) is 4.79 Å². The number of carbonyl (C=O) groups is 1. The molecule has 0 saturated carbocycles. The fourth-order valence-corrected chi connectivity index (χ4v) is 2.29. The summed E-state index contributed by atoms with van der Waals surface area (Å²) in [6.45, 7) is 2.73. The van der Waals surface area contributed by atoms with Crippen molar-refractivity contribution in [2.45, 2.75) is 26.3 Å². The van der Waals surface area contributed by atoms with Crippen molar-refractivity contribution >= 4 is 17.3 Å². The fraction of sp³-hybridized carbons (Fsp3) is 0.333. The summed E-state index contributed by atoms with van der Waals surface area (Å²) in [6.07, 6.45) is 1.96. The van der Waals surface area contributed by atoms with Crippen LogP contribution in [-0.4, -0.2) is 20.9 Å². The quantitative estimate of drug-likeness (QED) is 0.887. The van der Waals surface area contributed by atoms with E-state index in [0.717, 1.165) is 23.4 Å². The number of hydrogen-bond acceptors (Lipinski definition) is 3. The van der Waals surface area contributed by atoms with E-state index in [1.807, 2.05) is 17.5 Å². The van der Waals surface area contributed by atoms with E-state index in [0.29, 0.717) is 6.54 Å². The smallest absolute Gasteiger partial charge is 0.354 e. The first-order valence-corrected chi connectivity index (χ1v) is 6.45. The van der Waals surface area contributed by atoms with Crippen molar-refractivity contribution in [3.05, 3.63) is 29.3 Å². The number of unbranched alkanes of at least 4 members (excludes halogenated alkanes) is 1. The Morgan fingerprint density at radius 1 is 1.59 bits per heavy atom. The molecule has 0 amide bonds. The molecule has 2 aromatic rings. The van der Waals surface area contributed by atoms with Crippen molar-refractivity contribution in [1.82, 2.24) is 9.78 Å². The molecule has 0 aliphatic carbocycles. The summed E-state index contributed by atoms with van der Waals surface area (Å²) in [5, 5.41) is 15.4. The molecular weight excluding hydrogens is 236 g/mol. The van der Waals surface area contributed by atoms with Crippen LogP contribution in [0.3, 0.4) is 0 Å². The number of carboxylic acids is 1. The molecule has 0 aliphatic heterocycles. The Labute approximate surface area is 104 Å². The van der Waals surface area contributed by atoms with Gasteiger partial charge in [0.2, 0.25) is 0 Å². The molecule has 2 aromatic heterocycles. The summed E-state index contributed by atoms with van der Waals surface area (Å²) in [5.74, 6) is -0.920. The van der Waals surface area contributed by atoms with Crippen LogP contribution >= 0.6 is 11.3 Å². The minimum absolute atomic E-state index is 0.266. The third kappa shape index (κ3) is 2.55. The topological polar surface area (TPSA) is 55.1 Å². The van der Waals surface area contributed by atoms with Crippen LogP contribution < -0.4 is 0 Å². The van der Waals surface area contributed by atoms with E-state index in [2.05, 4.69) is 12.0 Å². The van der Waals surface area contributed by atoms with Crippen LogP contribution in [0, 0.1) is 0 Å². The van der Waals surface area contributed by atoms with Gasteiger partial charge in [0.25, 0.3) is 0 Å². The molecule has 0 fully saturated rings. The number of thiophene rings is 1. The second kappa shape index (κ2) is 5.14. The van der Waals surface area contributed by atoms with Gasteiger partial charge in [-0.15, -0.1) is 11.3 Å². The molecule has 0 bridgehead atoms. The van der Waals surface area contributed by atoms with Gasteiger partial charge in [-0.1, -0.05) is 19.4 Å². The lowest BCUT2D eigenvalue weighted by Crippen LogP contribution is -2.09. The number of rotatable bonds is 5. The van der Waals surface area contributed by atoms with Crippen molar-refractivity contribution in [1.29, 1.82) is 0 Å². The summed E-state index contributed by atoms with van der Waals surface area (Å²) < 4.78 is 1.58. The summed E-state index contributed by atoms with van der Waals surface area (Å²) in [5.41, 5.74) is 1.01. The Morgan fingerprint density at radius 3 is 3.00 bits per heavy atom. The van der Waals surface area contributed by atoms with Gasteiger partial charge >= 0.3 is 5.97 Å². The SMILES string of the molecule is CCCCn1nc(-c2cccs2)cc1C(=O)O. The molecule has 90 valence electrons. The minimum Gasteiger partial charge on any atom is -0.477 e. The number of carboxylic acid groups (broad SMARTS) is 1. The molecule has 2 heterocycles. The molecule has 0 saturated heterocycles. The van der Waals surface area contributed by atoms with Crippen molar-refractivity contribution in [3.63, 3.8) is 0 Å². The van der Waals surface area contributed by atoms with E-state index in [1.54, 1.807) is 22.1 Å². The van der Waals surface area contributed by atoms with Gasteiger partial charge in [-0.3, -0.25) is 4.68 Å². The Hall–Kier alpha value is -1.62. The van der Waals surface area contributed by atoms with Crippen molar-refractivity contribution in [2.24, 2.45) is 0 Å². The highest BCUT2D eigenvalue weighted by Gasteiger charge is 2.15. The first-order valence-electron chi connectivity index (χ1n) is 5.57. The average molecular weight is 250 g/mol. The van der Waals surface area contributed by atoms with Gasteiger partial charge in [0.05, 0.1) is 4.88 Å². The standard InChI is InChI=1S/C12H14N2O2S/c1-2-3-6-14-10(12(15)16)8-9(13-14)11-5-4-7-17-11/h4-5,7-8H,2-3,6H2,1H3,(H,15,16). The van der Waals surface area contributed by atoms with Crippen LogP contribution in [0.1, 0.15) is 30.3 Å². The van der Waals surface area contributed by atoms with Gasteiger partial charge < -0.3 is 5.11 Å². The zero-order valence-electron chi connectivity index (χ0n) is 9.59. The van der Waals surface area contributed by atoms with Gasteiger partial charge in [0, 0.05) is 6.54 Å². The summed E-state index contributed by atoms with van der Waals surface area (Å²) in [6, 6.07) is 5.53. The van der Waals surface area contributed by atoms with E-state index in [1.165, 1.54) is 0 Å². The zero-order chi connectivity index (χ0) is 12.3. The minimum atomic E-state index is -0.920. The number of aromatic carboxylic acids is 1. The maximum Gasteiger partial charge on any atom is 0.354 e. The van der Waals surface area contributed by atoms with Gasteiger partial charge in [-0.2, -0.15) is 5.10 Å². The molecule has 5 heteroatoms. The lowest BCUT2D eigenvalue weighted by molar-refractivity contribution is 0.0683. The first-order chi connectivity index (χ1) is 8.22. The lowest BCUT2D eigenvalue weighted by Gasteiger charge is -2.01. The number of nitrogens with zero attached hydrogens (tertiary/aromatic N) is 2. The Bertz CT molecular complexity index is 503. The first kappa shape index (κ1) is 11.9. The summed E-state index contributed by atoms with van der Waals surface area (Å²) in [7, 11) is 0. The predicted octanol–water partition coefficient (Wildman–Crippen LogP) is 3.11. The van der Waals surface area contributed by atoms with Crippen LogP contribution in [-0.2, 0) is 6.54 Å². The third-order valence-corrected chi connectivity index (χ3v) is 3.39. The predicted molar refractivity (Wildman–Crippen MR) is 67.4 cm³/mol. The highest BCUT2D eigenvalue weighted by Crippen LogP contribution is 2.24. The van der Waals surface area contributed by atoms with Crippen molar-refractivity contribution in [3.8, 4) is 10.6 Å². The van der Waals surface area contributed by atoms with E-state index >= 15 is 0 Å². The van der Waals surface area contributed by atoms with E-state index in [-0.39, 0.29) is 5.69 Å². The van der Waals surface area contributed by atoms with Crippen molar-refractivity contribution in [2.75, 3.05) is 0 Å². The lowest BCUT2D eigenvalue weighted by atomic mass is 10.3. The molecular formula is C12H14N2O2S. The number of aryl methyl sites for hydroxylation is 1. The molecule has 4 nitrogen and oxygen atoms in total. The Balaban J connectivity index is 2.34. The number of hydrogen-bond donors (Lipinski definition) is 1. The monoisotopic (exact) mass is 250 g/mol. The van der Waals surface area contributed by atoms with Gasteiger partial charge in [-0.05, 0) is 23.9 Å². The maximum atomic E-state index is 11.1. The van der Waals surface area contributed by atoms with E-state index < -0.39 is 5.97 Å². The van der Waals surface area contributed by atoms with Gasteiger partial charge in [0.1, 0.15) is 11.4 Å². The molecule has 0 aliphatic rings. The molecule has 0 unspecified atom stereocenters. The van der Waals surface area contributed by atoms with E-state index in [4.69, 9.17) is 5.11 Å². The second-order valence-electron chi connectivity index (χ2n) is 3.77.